The predicted molar refractivity (Wildman–Crippen MR) is 92.0 cm³/mol. The first-order valence-electron chi connectivity index (χ1n) is 8.38. The van der Waals surface area contributed by atoms with Crippen LogP contribution in [0.1, 0.15) is 26.7 Å². The summed E-state index contributed by atoms with van der Waals surface area (Å²) in [6.07, 6.45) is 4.73. The number of carbonyl (C=O) groups is 2. The zero-order valence-electron chi connectivity index (χ0n) is 14.3. The van der Waals surface area contributed by atoms with E-state index in [-0.39, 0.29) is 23.0 Å². The molecule has 0 aliphatic carbocycles. The molecule has 1 aliphatic rings. The minimum absolute atomic E-state index is 0.0409. The molecular weight excluding hydrogens is 342 g/mol. The van der Waals surface area contributed by atoms with E-state index in [2.05, 4.69) is 15.1 Å². The molecule has 0 bridgehead atoms. The number of hydrogen-bond donors (Lipinski definition) is 0. The van der Waals surface area contributed by atoms with E-state index in [0.29, 0.717) is 43.5 Å². The Kier molecular flexibility index (Phi) is 5.52. The standard InChI is InChI=1S/C16H21N5O3S/c1-3-24-14(23)12-5-9-20(10-6-12)13(22)11(2)25-16-18-15-17-7-4-8-21(15)19-16/h4,7-8,11-12H,3,5-6,9-10H2,1-2H3. The molecule has 3 heterocycles. The Labute approximate surface area is 150 Å². The number of aromatic nitrogens is 4. The lowest BCUT2D eigenvalue weighted by Crippen LogP contribution is -2.43. The van der Waals surface area contributed by atoms with Crippen LogP contribution < -0.4 is 0 Å². The average molecular weight is 363 g/mol. The highest BCUT2D eigenvalue weighted by molar-refractivity contribution is 8.00. The van der Waals surface area contributed by atoms with Crippen molar-refractivity contribution in [3.8, 4) is 0 Å². The number of likely N-dealkylation sites (tertiary alicyclic amines) is 1. The Bertz CT molecular complexity index is 724. The molecule has 2 aromatic rings. The third kappa shape index (κ3) is 4.09. The van der Waals surface area contributed by atoms with Crippen molar-refractivity contribution in [1.82, 2.24) is 24.5 Å². The molecule has 2 aromatic heterocycles. The summed E-state index contributed by atoms with van der Waals surface area (Å²) in [7, 11) is 0. The normalized spacial score (nSPS) is 16.8. The van der Waals surface area contributed by atoms with E-state index in [0.717, 1.165) is 0 Å². The van der Waals surface area contributed by atoms with E-state index in [4.69, 9.17) is 4.74 Å². The molecule has 1 atom stereocenters. The van der Waals surface area contributed by atoms with Crippen molar-refractivity contribution in [2.24, 2.45) is 5.92 Å². The van der Waals surface area contributed by atoms with Crippen molar-refractivity contribution >= 4 is 29.4 Å². The van der Waals surface area contributed by atoms with Crippen LogP contribution in [0.3, 0.4) is 0 Å². The van der Waals surface area contributed by atoms with Gasteiger partial charge >= 0.3 is 5.97 Å². The summed E-state index contributed by atoms with van der Waals surface area (Å²) in [4.78, 5) is 34.6. The number of ether oxygens (including phenoxy) is 1. The first-order chi connectivity index (χ1) is 12.1. The Hall–Kier alpha value is -2.16. The van der Waals surface area contributed by atoms with Crippen LogP contribution in [0.25, 0.3) is 5.78 Å². The fourth-order valence-electron chi connectivity index (χ4n) is 2.82. The highest BCUT2D eigenvalue weighted by Crippen LogP contribution is 2.25. The lowest BCUT2D eigenvalue weighted by atomic mass is 9.97. The average Bonchev–Trinajstić information content (AvgIpc) is 3.03. The van der Waals surface area contributed by atoms with Gasteiger partial charge in [-0.15, -0.1) is 5.10 Å². The third-order valence-corrected chi connectivity index (χ3v) is 5.09. The van der Waals surface area contributed by atoms with Crippen molar-refractivity contribution < 1.29 is 14.3 Å². The second kappa shape index (κ2) is 7.81. The van der Waals surface area contributed by atoms with Gasteiger partial charge in [-0.1, -0.05) is 11.8 Å². The Morgan fingerprint density at radius 3 is 2.84 bits per heavy atom. The fourth-order valence-corrected chi connectivity index (χ4v) is 3.66. The maximum absolute atomic E-state index is 12.6. The number of amides is 1. The molecular formula is C16H21N5O3S. The smallest absolute Gasteiger partial charge is 0.309 e. The van der Waals surface area contributed by atoms with Crippen molar-refractivity contribution in [2.75, 3.05) is 19.7 Å². The number of nitrogens with zero attached hydrogens (tertiary/aromatic N) is 5. The Morgan fingerprint density at radius 2 is 2.16 bits per heavy atom. The van der Waals surface area contributed by atoms with Gasteiger partial charge in [0.2, 0.25) is 11.1 Å². The largest absolute Gasteiger partial charge is 0.466 e. The molecule has 0 N–H and O–H groups in total. The van der Waals surface area contributed by atoms with Gasteiger partial charge in [-0.05, 0) is 32.8 Å². The molecule has 134 valence electrons. The summed E-state index contributed by atoms with van der Waals surface area (Å²) in [5.41, 5.74) is 0. The topological polar surface area (TPSA) is 89.7 Å². The summed E-state index contributed by atoms with van der Waals surface area (Å²) >= 11 is 1.32. The van der Waals surface area contributed by atoms with E-state index in [9.17, 15) is 9.59 Å². The molecule has 0 spiro atoms. The zero-order valence-corrected chi connectivity index (χ0v) is 15.1. The lowest BCUT2D eigenvalue weighted by Gasteiger charge is -2.32. The van der Waals surface area contributed by atoms with Gasteiger partial charge in [-0.3, -0.25) is 9.59 Å². The van der Waals surface area contributed by atoms with Crippen LogP contribution in [0.4, 0.5) is 0 Å². The van der Waals surface area contributed by atoms with Crippen molar-refractivity contribution in [3.63, 3.8) is 0 Å². The molecule has 1 amide bonds. The van der Waals surface area contributed by atoms with Crippen LogP contribution in [0.5, 0.6) is 0 Å². The van der Waals surface area contributed by atoms with Gasteiger partial charge in [-0.2, -0.15) is 4.98 Å². The molecule has 1 aliphatic heterocycles. The Balaban J connectivity index is 1.55. The second-order valence-corrected chi connectivity index (χ2v) is 7.18. The Morgan fingerprint density at radius 1 is 1.40 bits per heavy atom. The van der Waals surface area contributed by atoms with Crippen LogP contribution in [0, 0.1) is 5.92 Å². The first-order valence-corrected chi connectivity index (χ1v) is 9.26. The van der Waals surface area contributed by atoms with Gasteiger partial charge in [0.15, 0.2) is 0 Å². The molecule has 0 radical (unpaired) electrons. The summed E-state index contributed by atoms with van der Waals surface area (Å²) in [6, 6.07) is 1.78. The number of piperidine rings is 1. The molecule has 0 saturated carbocycles. The first kappa shape index (κ1) is 17.7. The van der Waals surface area contributed by atoms with Gasteiger partial charge in [0, 0.05) is 25.5 Å². The van der Waals surface area contributed by atoms with Gasteiger partial charge in [0.05, 0.1) is 17.8 Å². The van der Waals surface area contributed by atoms with Crippen molar-refractivity contribution in [2.45, 2.75) is 37.1 Å². The van der Waals surface area contributed by atoms with E-state index < -0.39 is 0 Å². The van der Waals surface area contributed by atoms with Crippen LogP contribution in [0.15, 0.2) is 23.6 Å². The number of esters is 1. The molecule has 3 rings (SSSR count). The summed E-state index contributed by atoms with van der Waals surface area (Å²) in [5.74, 6) is 0.301. The number of hydrogen-bond acceptors (Lipinski definition) is 7. The van der Waals surface area contributed by atoms with E-state index >= 15 is 0 Å². The van der Waals surface area contributed by atoms with E-state index in [1.54, 1.807) is 34.8 Å². The number of fused-ring (bicyclic) bond motifs is 1. The van der Waals surface area contributed by atoms with Crippen molar-refractivity contribution in [3.05, 3.63) is 18.5 Å². The minimum atomic E-state index is -0.295. The molecule has 9 heteroatoms. The highest BCUT2D eigenvalue weighted by atomic mass is 32.2. The molecule has 8 nitrogen and oxygen atoms in total. The maximum Gasteiger partial charge on any atom is 0.309 e. The molecule has 0 aromatic carbocycles. The number of thioether (sulfide) groups is 1. The molecule has 1 saturated heterocycles. The quantitative estimate of drug-likeness (QED) is 0.586. The van der Waals surface area contributed by atoms with Crippen LogP contribution in [-0.4, -0.2) is 61.3 Å². The molecule has 1 unspecified atom stereocenters. The third-order valence-electron chi connectivity index (χ3n) is 4.15. The summed E-state index contributed by atoms with van der Waals surface area (Å²) in [6.45, 7) is 5.20. The number of rotatable bonds is 5. The van der Waals surface area contributed by atoms with Crippen LogP contribution in [-0.2, 0) is 14.3 Å². The van der Waals surface area contributed by atoms with E-state index in [1.807, 2.05) is 6.92 Å². The SMILES string of the molecule is CCOC(=O)C1CCN(C(=O)C(C)Sc2nc3ncccn3n2)CC1. The molecule has 25 heavy (non-hydrogen) atoms. The monoisotopic (exact) mass is 363 g/mol. The number of carbonyl (C=O) groups excluding carboxylic acids is 2. The summed E-state index contributed by atoms with van der Waals surface area (Å²) < 4.78 is 6.65. The van der Waals surface area contributed by atoms with Crippen LogP contribution >= 0.6 is 11.8 Å². The highest BCUT2D eigenvalue weighted by Gasteiger charge is 2.30. The minimum Gasteiger partial charge on any atom is -0.466 e. The van der Waals surface area contributed by atoms with E-state index in [1.165, 1.54) is 11.8 Å². The summed E-state index contributed by atoms with van der Waals surface area (Å²) in [5, 5.41) is 4.54. The zero-order chi connectivity index (χ0) is 17.8. The van der Waals surface area contributed by atoms with Gasteiger partial charge in [-0.25, -0.2) is 9.50 Å². The van der Waals surface area contributed by atoms with Gasteiger partial charge < -0.3 is 9.64 Å². The van der Waals surface area contributed by atoms with Gasteiger partial charge in [0.1, 0.15) is 0 Å². The molecule has 1 fully saturated rings. The maximum atomic E-state index is 12.6. The fraction of sp³-hybridized carbons (Fsp3) is 0.562. The second-order valence-electron chi connectivity index (χ2n) is 5.87. The predicted octanol–water partition coefficient (Wildman–Crippen LogP) is 1.41. The lowest BCUT2D eigenvalue weighted by molar-refractivity contribution is -0.151. The van der Waals surface area contributed by atoms with Crippen LogP contribution in [0.2, 0.25) is 0 Å². The van der Waals surface area contributed by atoms with Crippen molar-refractivity contribution in [1.29, 1.82) is 0 Å². The van der Waals surface area contributed by atoms with Gasteiger partial charge in [0.25, 0.3) is 5.78 Å².